The second-order valence-corrected chi connectivity index (χ2v) is 10.7. The molecule has 3 heterocycles. The molecule has 1 aliphatic rings. The van der Waals surface area contributed by atoms with Crippen molar-refractivity contribution < 1.29 is 24.2 Å². The number of rotatable bonds is 11. The third-order valence-corrected chi connectivity index (χ3v) is 7.84. The zero-order chi connectivity index (χ0) is 28.2. The number of thiazole rings is 1. The van der Waals surface area contributed by atoms with E-state index in [1.54, 1.807) is 49.7 Å². The number of methoxy groups -OCH3 is 1. The van der Waals surface area contributed by atoms with Crippen LogP contribution in [0.5, 0.6) is 11.5 Å². The van der Waals surface area contributed by atoms with Crippen molar-refractivity contribution in [2.24, 2.45) is 0 Å². The van der Waals surface area contributed by atoms with Gasteiger partial charge in [-0.05, 0) is 43.5 Å². The van der Waals surface area contributed by atoms with Gasteiger partial charge in [0.15, 0.2) is 17.3 Å². The molecule has 0 aliphatic carbocycles. The number of ether oxygens (including phenoxy) is 2. The molecule has 2 aromatic heterocycles. The summed E-state index contributed by atoms with van der Waals surface area (Å²) in [6, 6.07) is 14.3. The summed E-state index contributed by atoms with van der Waals surface area (Å²) in [5.41, 5.74) is 2.25. The van der Waals surface area contributed by atoms with Crippen molar-refractivity contribution in [2.75, 3.05) is 13.7 Å². The van der Waals surface area contributed by atoms with Gasteiger partial charge >= 0.3 is 0 Å². The number of nitrogens with zero attached hydrogens (tertiary/aromatic N) is 4. The average Bonchev–Trinajstić information content (AvgIpc) is 3.67. The van der Waals surface area contributed by atoms with Crippen LogP contribution in [-0.2, 0) is 17.9 Å². The van der Waals surface area contributed by atoms with Crippen LogP contribution < -0.4 is 9.47 Å². The van der Waals surface area contributed by atoms with Crippen LogP contribution in [0, 0.1) is 13.8 Å². The normalized spacial score (nSPS) is 15.1. The van der Waals surface area contributed by atoms with Gasteiger partial charge in [0.05, 0.1) is 40.6 Å². The van der Waals surface area contributed by atoms with Crippen molar-refractivity contribution in [3.05, 3.63) is 105 Å². The smallest absolute Gasteiger partial charge is 0.290 e. The molecule has 9 nitrogen and oxygen atoms in total. The molecule has 10 heteroatoms. The summed E-state index contributed by atoms with van der Waals surface area (Å²) in [5.74, 6) is -0.532. The van der Waals surface area contributed by atoms with Crippen LogP contribution in [0.2, 0.25) is 0 Å². The minimum Gasteiger partial charge on any atom is -0.503 e. The van der Waals surface area contributed by atoms with Crippen LogP contribution in [0.25, 0.3) is 0 Å². The highest BCUT2D eigenvalue weighted by Crippen LogP contribution is 2.42. The Morgan fingerprint density at radius 1 is 1.10 bits per heavy atom. The Hall–Kier alpha value is -4.44. The first-order valence-corrected chi connectivity index (χ1v) is 13.7. The number of ketones is 1. The van der Waals surface area contributed by atoms with Crippen molar-refractivity contribution in [1.82, 2.24) is 19.4 Å². The Morgan fingerprint density at radius 3 is 2.58 bits per heavy atom. The number of Topliss-reactive ketones (excluding diaryl/α,β-unsaturated/α-hetero) is 1. The number of aryl methyl sites for hydroxylation is 3. The van der Waals surface area contributed by atoms with Gasteiger partial charge in [-0.2, -0.15) is 0 Å². The molecule has 5 rings (SSSR count). The Balaban J connectivity index is 1.48. The van der Waals surface area contributed by atoms with E-state index in [0.29, 0.717) is 53.8 Å². The molecule has 0 spiro atoms. The lowest BCUT2D eigenvalue weighted by atomic mass is 9.94. The monoisotopic (exact) mass is 558 g/mol. The van der Waals surface area contributed by atoms with E-state index in [-0.39, 0.29) is 5.57 Å². The van der Waals surface area contributed by atoms with Crippen LogP contribution >= 0.6 is 11.3 Å². The van der Waals surface area contributed by atoms with Crippen molar-refractivity contribution in [3.8, 4) is 11.5 Å². The fraction of sp³-hybridized carbons (Fsp3) is 0.267. The molecule has 0 bridgehead atoms. The number of aliphatic hydroxyl groups excluding tert-OH is 1. The van der Waals surface area contributed by atoms with E-state index in [9.17, 15) is 14.7 Å². The number of carbonyl (C=O) groups excluding carboxylic acids is 2. The lowest BCUT2D eigenvalue weighted by Gasteiger charge is -2.27. The number of aromatic nitrogens is 3. The highest BCUT2D eigenvalue weighted by atomic mass is 32.1. The minimum atomic E-state index is -0.804. The lowest BCUT2D eigenvalue weighted by Crippen LogP contribution is -2.32. The molecular formula is C30H30N4O5S. The molecule has 0 radical (unpaired) electrons. The van der Waals surface area contributed by atoms with Crippen molar-refractivity contribution in [1.29, 1.82) is 0 Å². The second kappa shape index (κ2) is 11.7. The topological polar surface area (TPSA) is 107 Å². The third-order valence-electron chi connectivity index (χ3n) is 6.77. The molecule has 40 heavy (non-hydrogen) atoms. The highest BCUT2D eigenvalue weighted by Gasteiger charge is 2.44. The van der Waals surface area contributed by atoms with Gasteiger partial charge in [-0.25, -0.2) is 9.97 Å². The Morgan fingerprint density at radius 2 is 1.90 bits per heavy atom. The van der Waals surface area contributed by atoms with Gasteiger partial charge in [-0.3, -0.25) is 9.59 Å². The molecule has 0 saturated carbocycles. The number of carbonyl (C=O) groups is 2. The first kappa shape index (κ1) is 27.1. The van der Waals surface area contributed by atoms with Gasteiger partial charge in [0, 0.05) is 25.5 Å². The predicted octanol–water partition coefficient (Wildman–Crippen LogP) is 5.21. The quantitative estimate of drug-likeness (QED) is 0.252. The van der Waals surface area contributed by atoms with Gasteiger partial charge < -0.3 is 24.0 Å². The summed E-state index contributed by atoms with van der Waals surface area (Å²) in [7, 11) is 1.54. The van der Waals surface area contributed by atoms with Crippen LogP contribution in [0.4, 0.5) is 0 Å². The van der Waals surface area contributed by atoms with Crippen molar-refractivity contribution >= 4 is 23.0 Å². The zero-order valence-corrected chi connectivity index (χ0v) is 23.4. The number of hydrogen-bond donors (Lipinski definition) is 1. The molecular weight excluding hydrogens is 528 g/mol. The maximum Gasteiger partial charge on any atom is 0.290 e. The van der Waals surface area contributed by atoms with E-state index < -0.39 is 23.5 Å². The molecule has 1 unspecified atom stereocenters. The van der Waals surface area contributed by atoms with E-state index >= 15 is 0 Å². The fourth-order valence-electron chi connectivity index (χ4n) is 4.88. The number of amides is 1. The molecule has 1 amide bonds. The van der Waals surface area contributed by atoms with E-state index in [0.717, 1.165) is 10.6 Å². The van der Waals surface area contributed by atoms with Gasteiger partial charge in [0.1, 0.15) is 6.61 Å². The summed E-state index contributed by atoms with van der Waals surface area (Å²) in [5, 5.41) is 11.8. The van der Waals surface area contributed by atoms with Crippen molar-refractivity contribution in [2.45, 2.75) is 39.5 Å². The van der Waals surface area contributed by atoms with Crippen LogP contribution in [0.15, 0.2) is 78.6 Å². The first-order valence-electron chi connectivity index (χ1n) is 12.9. The zero-order valence-electron chi connectivity index (χ0n) is 22.5. The minimum absolute atomic E-state index is 0.0411. The van der Waals surface area contributed by atoms with Crippen molar-refractivity contribution in [3.63, 3.8) is 0 Å². The lowest BCUT2D eigenvalue weighted by molar-refractivity contribution is -0.129. The summed E-state index contributed by atoms with van der Waals surface area (Å²) in [6.07, 6.45) is 5.85. The van der Waals surface area contributed by atoms with E-state index in [2.05, 4.69) is 9.97 Å². The van der Waals surface area contributed by atoms with Gasteiger partial charge in [-0.15, -0.1) is 11.3 Å². The van der Waals surface area contributed by atoms with E-state index in [1.807, 2.05) is 48.0 Å². The SMILES string of the molecule is COc1cc(C2C(C(=O)c3sc(C)nc3C)=C(O)C(=O)N2CCCn2ccnc2)ccc1OCc1ccccc1. The number of imidazole rings is 1. The number of benzene rings is 2. The largest absolute Gasteiger partial charge is 0.503 e. The fourth-order valence-corrected chi connectivity index (χ4v) is 5.75. The second-order valence-electron chi connectivity index (χ2n) is 9.48. The van der Waals surface area contributed by atoms with Gasteiger partial charge in [-0.1, -0.05) is 36.4 Å². The first-order chi connectivity index (χ1) is 19.4. The third kappa shape index (κ3) is 5.48. The Bertz CT molecular complexity index is 1550. The number of aliphatic hydroxyl groups is 1. The molecule has 1 aliphatic heterocycles. The molecule has 2 aromatic carbocycles. The molecule has 0 saturated heterocycles. The molecule has 1 atom stereocenters. The van der Waals surface area contributed by atoms with Crippen LogP contribution in [0.1, 0.15) is 44.0 Å². The summed E-state index contributed by atoms with van der Waals surface area (Å²) < 4.78 is 13.6. The van der Waals surface area contributed by atoms with Gasteiger partial charge in [0.2, 0.25) is 5.78 Å². The molecule has 206 valence electrons. The van der Waals surface area contributed by atoms with Crippen LogP contribution in [0.3, 0.4) is 0 Å². The Kier molecular flexibility index (Phi) is 7.97. The Labute approximate surface area is 236 Å². The van der Waals surface area contributed by atoms with Gasteiger partial charge in [0.25, 0.3) is 5.91 Å². The maximum atomic E-state index is 13.8. The molecule has 1 N–H and O–H groups in total. The predicted molar refractivity (Wildman–Crippen MR) is 151 cm³/mol. The maximum absolute atomic E-state index is 13.8. The summed E-state index contributed by atoms with van der Waals surface area (Å²) in [6.45, 7) is 4.88. The van der Waals surface area contributed by atoms with E-state index in [1.165, 1.54) is 11.3 Å². The summed E-state index contributed by atoms with van der Waals surface area (Å²) in [4.78, 5) is 37.6. The highest BCUT2D eigenvalue weighted by molar-refractivity contribution is 7.14. The number of hydrogen-bond acceptors (Lipinski definition) is 8. The van der Waals surface area contributed by atoms with Crippen LogP contribution in [-0.4, -0.2) is 49.9 Å². The molecule has 4 aromatic rings. The summed E-state index contributed by atoms with van der Waals surface area (Å²) >= 11 is 1.25. The standard InChI is InChI=1S/C30H30N4O5S/c1-19-29(40-20(2)32-19)27(35)25-26(34(30(37)28(25)36)14-7-13-33-15-12-31-18-33)22-10-11-23(24(16-22)38-3)39-17-21-8-5-4-6-9-21/h4-6,8-12,15-16,18,26,36H,7,13-14,17H2,1-3H3. The average molecular weight is 559 g/mol. The van der Waals surface area contributed by atoms with E-state index in [4.69, 9.17) is 9.47 Å². The molecule has 0 fully saturated rings.